The van der Waals surface area contributed by atoms with Crippen LogP contribution in [0.2, 0.25) is 0 Å². The molecule has 0 aliphatic heterocycles. The molecule has 0 aliphatic carbocycles. The molecule has 0 aliphatic rings. The number of imidazole rings is 1. The molecule has 20 heavy (non-hydrogen) atoms. The predicted octanol–water partition coefficient (Wildman–Crippen LogP) is 4.75. The van der Waals surface area contributed by atoms with Gasteiger partial charge in [0.15, 0.2) is 0 Å². The first-order chi connectivity index (χ1) is 9.85. The molecule has 1 N–H and O–H groups in total. The van der Waals surface area contributed by atoms with E-state index in [9.17, 15) is 0 Å². The van der Waals surface area contributed by atoms with Gasteiger partial charge in [0.25, 0.3) is 0 Å². The summed E-state index contributed by atoms with van der Waals surface area (Å²) in [4.78, 5) is 10.0. The highest BCUT2D eigenvalue weighted by Gasteiger charge is 2.07. The molecule has 0 saturated carbocycles. The van der Waals surface area contributed by atoms with E-state index in [0.29, 0.717) is 0 Å². The molecule has 2 aromatic rings. The van der Waals surface area contributed by atoms with E-state index in [1.165, 1.54) is 44.2 Å². The number of aromatic amines is 1. The molecule has 0 amide bonds. The number of fused-ring (bicyclic) bond motifs is 1. The molecule has 0 radical (unpaired) electrons. The normalized spacial score (nSPS) is 11.1. The van der Waals surface area contributed by atoms with E-state index in [1.807, 2.05) is 0 Å². The number of benzene rings is 1. The van der Waals surface area contributed by atoms with Crippen LogP contribution in [0.25, 0.3) is 11.0 Å². The number of nitrogens with zero attached hydrogens (tertiary/aromatic N) is 2. The van der Waals surface area contributed by atoms with Crippen LogP contribution in [0.4, 0.5) is 5.69 Å². The summed E-state index contributed by atoms with van der Waals surface area (Å²) in [5.41, 5.74) is 3.52. The van der Waals surface area contributed by atoms with Gasteiger partial charge in [0, 0.05) is 18.8 Å². The second kappa shape index (κ2) is 7.93. The maximum atomic E-state index is 4.30. The third-order valence-electron chi connectivity index (χ3n) is 3.83. The number of rotatable bonds is 9. The van der Waals surface area contributed by atoms with Crippen LogP contribution in [-0.4, -0.2) is 23.1 Å². The van der Waals surface area contributed by atoms with Crippen molar-refractivity contribution in [3.63, 3.8) is 0 Å². The number of aromatic nitrogens is 2. The minimum Gasteiger partial charge on any atom is -0.371 e. The third-order valence-corrected chi connectivity index (χ3v) is 3.83. The Kier molecular flexibility index (Phi) is 5.90. The zero-order valence-corrected chi connectivity index (χ0v) is 12.9. The van der Waals surface area contributed by atoms with E-state index in [1.54, 1.807) is 6.33 Å². The lowest BCUT2D eigenvalue weighted by Crippen LogP contribution is -2.25. The summed E-state index contributed by atoms with van der Waals surface area (Å²) in [6.07, 6.45) is 9.53. The van der Waals surface area contributed by atoms with Gasteiger partial charge < -0.3 is 9.88 Å². The molecule has 3 heteroatoms. The first kappa shape index (κ1) is 14.9. The molecule has 2 rings (SSSR count). The van der Waals surface area contributed by atoms with Gasteiger partial charge in [0.1, 0.15) is 0 Å². The number of H-pyrrole nitrogens is 1. The fraction of sp³-hybridized carbons (Fsp3) is 0.588. The Labute approximate surface area is 122 Å². The number of nitrogens with one attached hydrogen (secondary N) is 1. The number of hydrogen-bond acceptors (Lipinski definition) is 2. The van der Waals surface area contributed by atoms with Gasteiger partial charge in [-0.2, -0.15) is 0 Å². The zero-order chi connectivity index (χ0) is 14.2. The van der Waals surface area contributed by atoms with Crippen molar-refractivity contribution >= 4 is 16.7 Å². The topological polar surface area (TPSA) is 31.9 Å². The number of unbranched alkanes of at least 4 members (excludes halogenated alkanes) is 4. The Morgan fingerprint density at radius 3 is 2.35 bits per heavy atom. The molecule has 3 nitrogen and oxygen atoms in total. The zero-order valence-electron chi connectivity index (χ0n) is 12.9. The van der Waals surface area contributed by atoms with Crippen molar-refractivity contribution in [1.29, 1.82) is 0 Å². The van der Waals surface area contributed by atoms with E-state index < -0.39 is 0 Å². The van der Waals surface area contributed by atoms with Crippen LogP contribution in [0.1, 0.15) is 52.4 Å². The van der Waals surface area contributed by atoms with Gasteiger partial charge in [0.2, 0.25) is 0 Å². The Morgan fingerprint density at radius 1 is 1.00 bits per heavy atom. The average molecular weight is 273 g/mol. The van der Waals surface area contributed by atoms with E-state index in [4.69, 9.17) is 0 Å². The highest BCUT2D eigenvalue weighted by molar-refractivity contribution is 5.79. The summed E-state index contributed by atoms with van der Waals surface area (Å²) in [7, 11) is 0. The van der Waals surface area contributed by atoms with Gasteiger partial charge in [-0.25, -0.2) is 4.98 Å². The fourth-order valence-corrected chi connectivity index (χ4v) is 2.60. The van der Waals surface area contributed by atoms with E-state index in [-0.39, 0.29) is 0 Å². The monoisotopic (exact) mass is 273 g/mol. The molecule has 1 heterocycles. The van der Waals surface area contributed by atoms with Gasteiger partial charge >= 0.3 is 0 Å². The molecule has 1 aromatic heterocycles. The minimum atomic E-state index is 1.05. The Balaban J connectivity index is 2.06. The van der Waals surface area contributed by atoms with Crippen LogP contribution in [0, 0.1) is 0 Å². The van der Waals surface area contributed by atoms with E-state index >= 15 is 0 Å². The first-order valence-electron chi connectivity index (χ1n) is 8.03. The number of hydrogen-bond donors (Lipinski definition) is 1. The molecule has 0 atom stereocenters. The van der Waals surface area contributed by atoms with Crippen molar-refractivity contribution in [3.8, 4) is 0 Å². The smallest absolute Gasteiger partial charge is 0.0931 e. The quantitative estimate of drug-likeness (QED) is 0.669. The maximum absolute atomic E-state index is 4.30. The SMILES string of the molecule is CCCCCN(CCCCC)c1ccc2nc[nH]c2c1. The van der Waals surface area contributed by atoms with Crippen molar-refractivity contribution in [2.75, 3.05) is 18.0 Å². The Bertz CT molecular complexity index is 494. The van der Waals surface area contributed by atoms with Crippen LogP contribution in [-0.2, 0) is 0 Å². The van der Waals surface area contributed by atoms with Gasteiger partial charge in [-0.3, -0.25) is 0 Å². The Hall–Kier alpha value is -1.51. The summed E-state index contributed by atoms with van der Waals surface area (Å²) in [6.45, 7) is 6.85. The molecule has 0 spiro atoms. The summed E-state index contributed by atoms with van der Waals surface area (Å²) in [5, 5.41) is 0. The van der Waals surface area contributed by atoms with Crippen LogP contribution in [0.15, 0.2) is 24.5 Å². The molecule has 0 saturated heterocycles. The van der Waals surface area contributed by atoms with Crippen molar-refractivity contribution in [3.05, 3.63) is 24.5 Å². The lowest BCUT2D eigenvalue weighted by Gasteiger charge is -2.25. The fourth-order valence-electron chi connectivity index (χ4n) is 2.60. The van der Waals surface area contributed by atoms with Crippen molar-refractivity contribution in [2.24, 2.45) is 0 Å². The van der Waals surface area contributed by atoms with Gasteiger partial charge in [-0.15, -0.1) is 0 Å². The van der Waals surface area contributed by atoms with E-state index in [0.717, 1.165) is 24.1 Å². The molecule has 0 unspecified atom stereocenters. The molecule has 1 aromatic carbocycles. The summed E-state index contributed by atoms with van der Waals surface area (Å²) in [6, 6.07) is 6.56. The number of anilines is 1. The summed E-state index contributed by atoms with van der Waals surface area (Å²) in [5.74, 6) is 0. The average Bonchev–Trinajstić information content (AvgIpc) is 2.93. The van der Waals surface area contributed by atoms with Crippen molar-refractivity contribution in [2.45, 2.75) is 52.4 Å². The van der Waals surface area contributed by atoms with Gasteiger partial charge in [-0.1, -0.05) is 39.5 Å². The summed E-state index contributed by atoms with van der Waals surface area (Å²) < 4.78 is 0. The third kappa shape index (κ3) is 3.99. The predicted molar refractivity (Wildman–Crippen MR) is 87.4 cm³/mol. The largest absolute Gasteiger partial charge is 0.371 e. The summed E-state index contributed by atoms with van der Waals surface area (Å²) >= 11 is 0. The van der Waals surface area contributed by atoms with Crippen LogP contribution < -0.4 is 4.90 Å². The standard InChI is InChI=1S/C17H27N3/c1-3-5-7-11-20(12-8-6-4-2)15-9-10-16-17(13-15)19-14-18-16/h9-10,13-14H,3-8,11-12H2,1-2H3,(H,18,19). The second-order valence-corrected chi connectivity index (χ2v) is 5.51. The minimum absolute atomic E-state index is 1.05. The lowest BCUT2D eigenvalue weighted by molar-refractivity contribution is 0.637. The molecular weight excluding hydrogens is 246 g/mol. The first-order valence-corrected chi connectivity index (χ1v) is 8.03. The molecular formula is C17H27N3. The van der Waals surface area contributed by atoms with Gasteiger partial charge in [0.05, 0.1) is 17.4 Å². The highest BCUT2D eigenvalue weighted by Crippen LogP contribution is 2.21. The highest BCUT2D eigenvalue weighted by atomic mass is 15.1. The van der Waals surface area contributed by atoms with Crippen LogP contribution in [0.3, 0.4) is 0 Å². The Morgan fingerprint density at radius 2 is 1.70 bits per heavy atom. The van der Waals surface area contributed by atoms with Crippen molar-refractivity contribution in [1.82, 2.24) is 9.97 Å². The maximum Gasteiger partial charge on any atom is 0.0931 e. The van der Waals surface area contributed by atoms with Gasteiger partial charge in [-0.05, 0) is 31.0 Å². The van der Waals surface area contributed by atoms with Crippen LogP contribution in [0.5, 0.6) is 0 Å². The second-order valence-electron chi connectivity index (χ2n) is 5.51. The van der Waals surface area contributed by atoms with Crippen molar-refractivity contribution < 1.29 is 0 Å². The lowest BCUT2D eigenvalue weighted by atomic mass is 10.2. The van der Waals surface area contributed by atoms with E-state index in [2.05, 4.69) is 46.9 Å². The molecule has 0 bridgehead atoms. The van der Waals surface area contributed by atoms with Crippen LogP contribution >= 0.6 is 0 Å². The molecule has 110 valence electrons. The molecule has 0 fully saturated rings.